The molecule has 50 heavy (non-hydrogen) atoms. The fourth-order valence-corrected chi connectivity index (χ4v) is 5.72. The van der Waals surface area contributed by atoms with Crippen molar-refractivity contribution in [2.75, 3.05) is 17.2 Å². The standard InChI is InChI=1S/C19H19N.C15H15N.C6H11N.C4H6Br2.ClH/c1-3-17-14-19(17,2)20-18(15-10-6-4-7-11-15)16-12-8-5-9-13-16;1-2-16-15(13-9-5-3-6-10-13)14-11-7-4-8-12-14;1-3-5-4-6(5,2)7;5-3-1-2-4-6;/h3-13,17H,1,14H2,2H3;3-12H,2H2,1H3;3,5H,1,4,7H2,2H3;1-2H,3-4H2;1H. The number of nitrogens with two attached hydrogens (primary N) is 1. The van der Waals surface area contributed by atoms with E-state index in [1.807, 2.05) is 60.7 Å². The molecule has 2 N–H and O–H groups in total. The van der Waals surface area contributed by atoms with Crippen molar-refractivity contribution in [3.63, 3.8) is 0 Å². The van der Waals surface area contributed by atoms with Gasteiger partial charge >= 0.3 is 0 Å². The first-order chi connectivity index (χ1) is 23.7. The average Bonchev–Trinajstić information content (AvgIpc) is 4.02. The van der Waals surface area contributed by atoms with Crippen molar-refractivity contribution in [3.05, 3.63) is 181 Å². The van der Waals surface area contributed by atoms with Crippen molar-refractivity contribution in [2.45, 2.75) is 44.7 Å². The summed E-state index contributed by atoms with van der Waals surface area (Å²) in [5.41, 5.74) is 12.6. The summed E-state index contributed by atoms with van der Waals surface area (Å²) >= 11 is 6.49. The van der Waals surface area contributed by atoms with Gasteiger partial charge in [0.05, 0.1) is 17.0 Å². The van der Waals surface area contributed by atoms with Crippen LogP contribution in [0.3, 0.4) is 0 Å². The molecule has 0 radical (unpaired) electrons. The van der Waals surface area contributed by atoms with Crippen LogP contribution in [0.15, 0.2) is 169 Å². The molecule has 0 aromatic heterocycles. The number of aliphatic imine (C=N–C) groups is 2. The van der Waals surface area contributed by atoms with Crippen LogP contribution in [0.4, 0.5) is 0 Å². The Balaban J connectivity index is 0.000000257. The molecule has 4 aromatic carbocycles. The number of nitrogens with zero attached hydrogens (tertiary/aromatic N) is 2. The molecule has 4 aromatic rings. The van der Waals surface area contributed by atoms with Gasteiger partial charge in [-0.2, -0.15) is 0 Å². The van der Waals surface area contributed by atoms with Crippen molar-refractivity contribution in [1.29, 1.82) is 0 Å². The molecule has 4 atom stereocenters. The van der Waals surface area contributed by atoms with Crippen LogP contribution in [0.5, 0.6) is 0 Å². The molecule has 6 rings (SSSR count). The molecule has 0 spiro atoms. The average molecular weight is 818 g/mol. The molecule has 0 amide bonds. The highest BCUT2D eigenvalue weighted by molar-refractivity contribution is 9.09. The second-order valence-corrected chi connectivity index (χ2v) is 13.8. The summed E-state index contributed by atoms with van der Waals surface area (Å²) in [6, 6.07) is 41.5. The van der Waals surface area contributed by atoms with E-state index in [-0.39, 0.29) is 23.5 Å². The Kier molecular flexibility index (Phi) is 19.2. The summed E-state index contributed by atoms with van der Waals surface area (Å²) in [6.07, 6.45) is 10.3. The molecule has 264 valence electrons. The number of rotatable bonds is 10. The van der Waals surface area contributed by atoms with E-state index >= 15 is 0 Å². The van der Waals surface area contributed by atoms with E-state index in [0.29, 0.717) is 11.8 Å². The lowest BCUT2D eigenvalue weighted by molar-refractivity contribution is 0.717. The highest BCUT2D eigenvalue weighted by atomic mass is 79.9. The van der Waals surface area contributed by atoms with E-state index in [9.17, 15) is 0 Å². The predicted molar refractivity (Wildman–Crippen MR) is 229 cm³/mol. The molecule has 2 fully saturated rings. The van der Waals surface area contributed by atoms with Gasteiger partial charge in [0.25, 0.3) is 0 Å². The number of halogens is 3. The predicted octanol–water partition coefficient (Wildman–Crippen LogP) is 11.7. The second-order valence-electron chi connectivity index (χ2n) is 12.5. The smallest absolute Gasteiger partial charge is 0.0725 e. The van der Waals surface area contributed by atoms with Crippen molar-refractivity contribution in [3.8, 4) is 0 Å². The Hall–Kier alpha value is -3.35. The zero-order valence-corrected chi connectivity index (χ0v) is 33.6. The van der Waals surface area contributed by atoms with E-state index in [4.69, 9.17) is 10.7 Å². The van der Waals surface area contributed by atoms with Crippen molar-refractivity contribution in [2.24, 2.45) is 27.6 Å². The summed E-state index contributed by atoms with van der Waals surface area (Å²) in [4.78, 5) is 9.64. The summed E-state index contributed by atoms with van der Waals surface area (Å²) in [6.45, 7) is 14.7. The lowest BCUT2D eigenvalue weighted by Crippen LogP contribution is -2.18. The van der Waals surface area contributed by atoms with Crippen LogP contribution in [0.1, 0.15) is 55.9 Å². The molecule has 2 aliphatic rings. The van der Waals surface area contributed by atoms with E-state index in [1.165, 1.54) is 22.3 Å². The van der Waals surface area contributed by atoms with Gasteiger partial charge in [0.1, 0.15) is 0 Å². The number of alkyl halides is 2. The summed E-state index contributed by atoms with van der Waals surface area (Å²) in [7, 11) is 0. The van der Waals surface area contributed by atoms with Gasteiger partial charge in [-0.15, -0.1) is 25.6 Å². The molecule has 2 aliphatic carbocycles. The maximum atomic E-state index is 5.65. The zero-order valence-electron chi connectivity index (χ0n) is 29.6. The molecule has 2 saturated carbocycles. The van der Waals surface area contributed by atoms with Crippen molar-refractivity contribution in [1.82, 2.24) is 0 Å². The van der Waals surface area contributed by atoms with Crippen molar-refractivity contribution < 1.29 is 0 Å². The summed E-state index contributed by atoms with van der Waals surface area (Å²) < 4.78 is 0. The lowest BCUT2D eigenvalue weighted by Gasteiger charge is -2.11. The third-order valence-corrected chi connectivity index (χ3v) is 9.15. The first-order valence-electron chi connectivity index (χ1n) is 16.9. The Bertz CT molecular complexity index is 1550. The van der Waals surface area contributed by atoms with E-state index in [0.717, 1.165) is 41.5 Å². The first-order valence-corrected chi connectivity index (χ1v) is 19.1. The largest absolute Gasteiger partial charge is 0.325 e. The molecular weight excluding hydrogens is 766 g/mol. The molecule has 4 unspecified atom stereocenters. The number of hydrogen-bond donors (Lipinski definition) is 1. The monoisotopic (exact) mass is 815 g/mol. The zero-order chi connectivity index (χ0) is 35.5. The van der Waals surface area contributed by atoms with Crippen molar-refractivity contribution >= 4 is 55.7 Å². The van der Waals surface area contributed by atoms with Crippen LogP contribution >= 0.6 is 44.3 Å². The quantitative estimate of drug-likeness (QED) is 0.0967. The molecule has 0 bridgehead atoms. The van der Waals surface area contributed by atoms with Gasteiger partial charge in [-0.25, -0.2) is 0 Å². The highest BCUT2D eigenvalue weighted by Crippen LogP contribution is 2.48. The minimum Gasteiger partial charge on any atom is -0.325 e. The van der Waals surface area contributed by atoms with Crippen LogP contribution in [0.25, 0.3) is 0 Å². The third kappa shape index (κ3) is 14.1. The Morgan fingerprint density at radius 3 is 1.24 bits per heavy atom. The van der Waals surface area contributed by atoms with E-state index < -0.39 is 0 Å². The van der Waals surface area contributed by atoms with Crippen LogP contribution in [-0.4, -0.2) is 39.7 Å². The fraction of sp³-hybridized carbons (Fsp3) is 0.273. The summed E-state index contributed by atoms with van der Waals surface area (Å²) in [5.74, 6) is 1.09. The SMILES string of the molecule is BrCC=CCBr.C=CC1CC1(C)N.C=CC1CC1(C)N=C(c1ccccc1)c1ccccc1.CCN=C(c1ccccc1)c1ccccc1.Cl. The number of allylic oxidation sites excluding steroid dienone is 2. The molecule has 3 nitrogen and oxygen atoms in total. The van der Waals surface area contributed by atoms with Gasteiger partial charge in [-0.05, 0) is 39.5 Å². The topological polar surface area (TPSA) is 50.7 Å². The van der Waals surface area contributed by atoms with Gasteiger partial charge in [-0.1, -0.05) is 177 Å². The molecule has 0 saturated heterocycles. The summed E-state index contributed by atoms with van der Waals surface area (Å²) in [5, 5.41) is 1.91. The van der Waals surface area contributed by atoms with E-state index in [1.54, 1.807) is 0 Å². The molecule has 0 aliphatic heterocycles. The Labute approximate surface area is 324 Å². The fourth-order valence-electron chi connectivity index (χ4n) is 5.19. The lowest BCUT2D eigenvalue weighted by atomic mass is 10.0. The van der Waals surface area contributed by atoms with Crippen LogP contribution in [-0.2, 0) is 0 Å². The highest BCUT2D eigenvalue weighted by Gasteiger charge is 2.48. The third-order valence-electron chi connectivity index (χ3n) is 8.40. The van der Waals surface area contributed by atoms with Crippen LogP contribution in [0, 0.1) is 11.8 Å². The van der Waals surface area contributed by atoms with Crippen LogP contribution in [0.2, 0.25) is 0 Å². The number of benzene rings is 4. The normalized spacial score (nSPS) is 20.8. The van der Waals surface area contributed by atoms with Gasteiger partial charge in [0, 0.05) is 50.9 Å². The maximum absolute atomic E-state index is 5.65. The van der Waals surface area contributed by atoms with Gasteiger partial charge in [0.15, 0.2) is 0 Å². The Morgan fingerprint density at radius 1 is 0.660 bits per heavy atom. The van der Waals surface area contributed by atoms with Gasteiger partial charge in [-0.3, -0.25) is 9.98 Å². The molecule has 0 heterocycles. The second kappa shape index (κ2) is 22.5. The molecule has 6 heteroatoms. The molecular formula is C44H52Br2ClN3. The van der Waals surface area contributed by atoms with Gasteiger partial charge in [0.2, 0.25) is 0 Å². The first kappa shape index (κ1) is 42.8. The minimum atomic E-state index is 0. The minimum absolute atomic E-state index is 0. The maximum Gasteiger partial charge on any atom is 0.0725 e. The Morgan fingerprint density at radius 2 is 1.00 bits per heavy atom. The van der Waals surface area contributed by atoms with Gasteiger partial charge < -0.3 is 5.73 Å². The number of hydrogen-bond acceptors (Lipinski definition) is 3. The van der Waals surface area contributed by atoms with Crippen LogP contribution < -0.4 is 5.73 Å². The van der Waals surface area contributed by atoms with E-state index in [2.05, 4.69) is 156 Å².